The topological polar surface area (TPSA) is 124 Å². The third-order valence-corrected chi connectivity index (χ3v) is 6.40. The molecule has 2 rings (SSSR count). The monoisotopic (exact) mass is 525 g/mol. The molecular formula is C24H36N3O8P. The van der Waals surface area contributed by atoms with Crippen LogP contribution in [0.3, 0.4) is 0 Å². The highest BCUT2D eigenvalue weighted by atomic mass is 31.1. The van der Waals surface area contributed by atoms with Gasteiger partial charge in [0, 0.05) is 25.2 Å². The number of amides is 2. The summed E-state index contributed by atoms with van der Waals surface area (Å²) in [6.45, 7) is 5.48. The molecule has 2 amide bonds. The maximum absolute atomic E-state index is 12.4. The first kappa shape index (κ1) is 29.5. The number of ether oxygens (including phenoxy) is 2. The fourth-order valence-corrected chi connectivity index (χ4v) is 4.37. The second-order valence-corrected chi connectivity index (χ2v) is 9.84. The first-order valence-corrected chi connectivity index (χ1v) is 12.9. The van der Waals surface area contributed by atoms with Crippen LogP contribution in [-0.4, -0.2) is 73.9 Å². The highest BCUT2D eigenvalue weighted by Gasteiger charge is 2.36. The Balaban J connectivity index is 1.83. The van der Waals surface area contributed by atoms with Gasteiger partial charge in [-0.15, -0.1) is 0 Å². The van der Waals surface area contributed by atoms with Crippen molar-refractivity contribution in [2.45, 2.75) is 45.6 Å². The number of rotatable bonds is 14. The maximum Gasteiger partial charge on any atom is 0.367 e. The summed E-state index contributed by atoms with van der Waals surface area (Å²) in [5.74, 6) is -0.492. The third-order valence-electron chi connectivity index (χ3n) is 5.60. The molecule has 0 bridgehead atoms. The van der Waals surface area contributed by atoms with Gasteiger partial charge in [-0.05, 0) is 31.5 Å². The molecular weight excluding hydrogens is 489 g/mol. The van der Waals surface area contributed by atoms with Crippen LogP contribution in [0.5, 0.6) is 5.75 Å². The van der Waals surface area contributed by atoms with Gasteiger partial charge >= 0.3 is 14.2 Å². The van der Waals surface area contributed by atoms with Crippen LogP contribution in [-0.2, 0) is 32.9 Å². The van der Waals surface area contributed by atoms with Crippen molar-refractivity contribution in [3.8, 4) is 5.75 Å². The predicted molar refractivity (Wildman–Crippen MR) is 133 cm³/mol. The lowest BCUT2D eigenvalue weighted by atomic mass is 10.1. The molecule has 1 aliphatic heterocycles. The van der Waals surface area contributed by atoms with Gasteiger partial charge in [0.1, 0.15) is 18.0 Å². The van der Waals surface area contributed by atoms with Gasteiger partial charge < -0.3 is 24.2 Å². The Bertz CT molecular complexity index is 914. The normalized spacial score (nSPS) is 21.2. The summed E-state index contributed by atoms with van der Waals surface area (Å²) in [4.78, 5) is 38.7. The van der Waals surface area contributed by atoms with E-state index < -0.39 is 38.5 Å². The molecule has 0 saturated carbocycles. The number of nitrogens with one attached hydrogen (secondary N) is 1. The maximum atomic E-state index is 12.4. The summed E-state index contributed by atoms with van der Waals surface area (Å²) in [6.07, 6.45) is 2.64. The molecule has 1 heterocycles. The number of benzene rings is 1. The Morgan fingerprint density at radius 2 is 1.97 bits per heavy atom. The molecule has 36 heavy (non-hydrogen) atoms. The van der Waals surface area contributed by atoms with E-state index in [2.05, 4.69) is 5.32 Å². The van der Waals surface area contributed by atoms with Gasteiger partial charge in [0.2, 0.25) is 12.3 Å². The van der Waals surface area contributed by atoms with Crippen LogP contribution in [0, 0.1) is 11.8 Å². The molecule has 0 aromatic heterocycles. The number of carbonyl (C=O) groups excluding carboxylic acids is 3. The standard InChI is InChI=1S/C24H36N3O8P/c1-17(2)22(25-4)24(30)32-16-26(5)21(29)11-12-27(15-28)23-18(3)13-20(34-23)14-33-36(31)35-19-9-7-6-8-10-19/h6-12,15,17-18,20,22-23,25,36H,13-14,16H2,1-5H3/b12-11-. The van der Waals surface area contributed by atoms with Crippen molar-refractivity contribution in [3.05, 3.63) is 42.6 Å². The minimum Gasteiger partial charge on any atom is -0.443 e. The number of hydrogen-bond donors (Lipinski definition) is 1. The number of hydrogen-bond acceptors (Lipinski definition) is 9. The van der Waals surface area contributed by atoms with Crippen LogP contribution in [0.2, 0.25) is 0 Å². The number of para-hydroxylation sites is 1. The summed E-state index contributed by atoms with van der Waals surface area (Å²) in [5.41, 5.74) is 0. The van der Waals surface area contributed by atoms with Crippen LogP contribution < -0.4 is 9.84 Å². The molecule has 0 spiro atoms. The zero-order valence-corrected chi connectivity index (χ0v) is 22.3. The Labute approximate surface area is 212 Å². The van der Waals surface area contributed by atoms with Crippen molar-refractivity contribution in [2.24, 2.45) is 11.8 Å². The Kier molecular flexibility index (Phi) is 12.1. The van der Waals surface area contributed by atoms with E-state index in [1.807, 2.05) is 26.8 Å². The van der Waals surface area contributed by atoms with Crippen LogP contribution in [0.25, 0.3) is 0 Å². The summed E-state index contributed by atoms with van der Waals surface area (Å²) in [5, 5.41) is 2.88. The average molecular weight is 526 g/mol. The van der Waals surface area contributed by atoms with Gasteiger partial charge in [-0.1, -0.05) is 39.0 Å². The first-order chi connectivity index (χ1) is 17.2. The molecule has 1 fully saturated rings. The molecule has 1 saturated heterocycles. The van der Waals surface area contributed by atoms with Crippen molar-refractivity contribution in [3.63, 3.8) is 0 Å². The van der Waals surface area contributed by atoms with Gasteiger partial charge in [0.25, 0.3) is 0 Å². The lowest BCUT2D eigenvalue weighted by Crippen LogP contribution is -2.42. The minimum absolute atomic E-state index is 0.0322. The van der Waals surface area contributed by atoms with Crippen LogP contribution >= 0.6 is 8.25 Å². The van der Waals surface area contributed by atoms with E-state index in [4.69, 9.17) is 18.5 Å². The highest BCUT2D eigenvalue weighted by molar-refractivity contribution is 7.33. The number of nitrogens with zero attached hydrogens (tertiary/aromatic N) is 2. The molecule has 1 aromatic carbocycles. The van der Waals surface area contributed by atoms with E-state index in [1.54, 1.807) is 31.3 Å². The predicted octanol–water partition coefficient (Wildman–Crippen LogP) is 2.40. The lowest BCUT2D eigenvalue weighted by molar-refractivity contribution is -0.153. The summed E-state index contributed by atoms with van der Waals surface area (Å²) in [6, 6.07) is 8.23. The van der Waals surface area contributed by atoms with Crippen LogP contribution in [0.15, 0.2) is 42.6 Å². The molecule has 5 atom stereocenters. The zero-order chi connectivity index (χ0) is 26.7. The van der Waals surface area contributed by atoms with Gasteiger partial charge in [-0.3, -0.25) is 23.8 Å². The average Bonchev–Trinajstić information content (AvgIpc) is 3.22. The minimum atomic E-state index is -2.76. The highest BCUT2D eigenvalue weighted by Crippen LogP contribution is 2.32. The van der Waals surface area contributed by atoms with E-state index in [0.29, 0.717) is 18.6 Å². The number of likely N-dealkylation sites (N-methyl/N-ethyl adjacent to an activating group) is 2. The van der Waals surface area contributed by atoms with Crippen molar-refractivity contribution in [2.75, 3.05) is 27.4 Å². The van der Waals surface area contributed by atoms with Crippen molar-refractivity contribution in [1.29, 1.82) is 0 Å². The van der Waals surface area contributed by atoms with Gasteiger partial charge in [-0.25, -0.2) is 4.57 Å². The fourth-order valence-electron chi connectivity index (χ4n) is 3.66. The zero-order valence-electron chi connectivity index (χ0n) is 21.3. The summed E-state index contributed by atoms with van der Waals surface area (Å²) >= 11 is 0. The van der Waals surface area contributed by atoms with Crippen molar-refractivity contribution < 1.29 is 37.5 Å². The molecule has 0 radical (unpaired) electrons. The second-order valence-electron chi connectivity index (χ2n) is 8.85. The third kappa shape index (κ3) is 9.05. The SMILES string of the molecule is CNC(C(=O)OCN(C)C(=O)/C=C\N(C=O)C1OC(CO[PH](=O)Oc2ccccc2)CC1C)C(C)C. The lowest BCUT2D eigenvalue weighted by Gasteiger charge is -2.24. The summed E-state index contributed by atoms with van der Waals surface area (Å²) in [7, 11) is 0.389. The van der Waals surface area contributed by atoms with Gasteiger partial charge in [0.15, 0.2) is 6.73 Å². The summed E-state index contributed by atoms with van der Waals surface area (Å²) < 4.78 is 33.8. The van der Waals surface area contributed by atoms with Crippen LogP contribution in [0.1, 0.15) is 27.2 Å². The Morgan fingerprint density at radius 1 is 1.28 bits per heavy atom. The van der Waals surface area contributed by atoms with E-state index in [9.17, 15) is 18.9 Å². The molecule has 200 valence electrons. The van der Waals surface area contributed by atoms with Crippen LogP contribution in [0.4, 0.5) is 0 Å². The van der Waals surface area contributed by atoms with Crippen molar-refractivity contribution >= 4 is 26.5 Å². The first-order valence-electron chi connectivity index (χ1n) is 11.7. The second kappa shape index (κ2) is 14.7. The van der Waals surface area contributed by atoms with Crippen molar-refractivity contribution in [1.82, 2.24) is 15.1 Å². The molecule has 5 unspecified atom stereocenters. The van der Waals surface area contributed by atoms with Gasteiger partial charge in [0.05, 0.1) is 12.7 Å². The number of esters is 1. The Hall–Kier alpha value is -2.72. The largest absolute Gasteiger partial charge is 0.443 e. The van der Waals surface area contributed by atoms with E-state index in [0.717, 1.165) is 0 Å². The molecule has 1 aromatic rings. The van der Waals surface area contributed by atoms with Gasteiger partial charge in [-0.2, -0.15) is 0 Å². The molecule has 0 aliphatic carbocycles. The molecule has 11 nitrogen and oxygen atoms in total. The van der Waals surface area contributed by atoms with E-state index >= 15 is 0 Å². The Morgan fingerprint density at radius 3 is 2.58 bits per heavy atom. The molecule has 1 aliphatic rings. The quantitative estimate of drug-likeness (QED) is 0.128. The molecule has 12 heteroatoms. The smallest absolute Gasteiger partial charge is 0.367 e. The molecule has 1 N–H and O–H groups in total. The van der Waals surface area contributed by atoms with E-state index in [-0.39, 0.29) is 25.2 Å². The fraction of sp³-hybridized carbons (Fsp3) is 0.542. The number of carbonyl (C=O) groups is 3. The van der Waals surface area contributed by atoms with E-state index in [1.165, 1.54) is 29.1 Å².